The summed E-state index contributed by atoms with van der Waals surface area (Å²) in [6, 6.07) is 12.6. The molecule has 0 saturated carbocycles. The average Bonchev–Trinajstić information content (AvgIpc) is 3.56. The molecule has 2 amide bonds. The summed E-state index contributed by atoms with van der Waals surface area (Å²) in [7, 11) is 0. The van der Waals surface area contributed by atoms with E-state index in [0.29, 0.717) is 0 Å². The number of carbonyl (C=O) groups is 1. The van der Waals surface area contributed by atoms with Gasteiger partial charge in [-0.2, -0.15) is 0 Å². The number of benzene rings is 2. The van der Waals surface area contributed by atoms with E-state index in [4.69, 9.17) is 4.74 Å². The molecule has 2 aromatic carbocycles. The van der Waals surface area contributed by atoms with Gasteiger partial charge >= 0.3 is 6.03 Å². The third kappa shape index (κ3) is 4.47. The van der Waals surface area contributed by atoms with Crippen molar-refractivity contribution in [3.8, 4) is 26.9 Å². The normalized spacial score (nSPS) is 17.5. The van der Waals surface area contributed by atoms with Crippen LogP contribution in [-0.2, 0) is 6.42 Å². The molecule has 1 atom stereocenters. The van der Waals surface area contributed by atoms with E-state index < -0.39 is 0 Å². The first-order chi connectivity index (χ1) is 16.0. The summed E-state index contributed by atoms with van der Waals surface area (Å²) < 4.78 is 5.87. The zero-order valence-corrected chi connectivity index (χ0v) is 20.2. The maximum absolute atomic E-state index is 12.6. The van der Waals surface area contributed by atoms with E-state index in [1.54, 1.807) is 11.3 Å². The van der Waals surface area contributed by atoms with Gasteiger partial charge in [-0.15, -0.1) is 10.2 Å². The smallest absolute Gasteiger partial charge is 0.317 e. The molecule has 5 rings (SSSR count). The predicted molar refractivity (Wildman–Crippen MR) is 132 cm³/mol. The topological polar surface area (TPSA) is 67.4 Å². The van der Waals surface area contributed by atoms with E-state index in [9.17, 15) is 4.79 Å². The third-order valence-electron chi connectivity index (χ3n) is 6.40. The second-order valence-electron chi connectivity index (χ2n) is 9.17. The zero-order valence-electron chi connectivity index (χ0n) is 19.4. The van der Waals surface area contributed by atoms with Crippen molar-refractivity contribution < 1.29 is 9.53 Å². The Morgan fingerprint density at radius 3 is 2.70 bits per heavy atom. The molecule has 1 N–H and O–H groups in total. The van der Waals surface area contributed by atoms with Gasteiger partial charge in [-0.3, -0.25) is 0 Å². The number of nitrogens with one attached hydrogen (secondary N) is 1. The summed E-state index contributed by atoms with van der Waals surface area (Å²) in [5.41, 5.74) is 5.77. The van der Waals surface area contributed by atoms with E-state index in [-0.39, 0.29) is 18.2 Å². The molecule has 2 aliphatic rings. The van der Waals surface area contributed by atoms with Crippen LogP contribution in [0, 0.1) is 6.92 Å². The highest BCUT2D eigenvalue weighted by Gasteiger charge is 2.29. The van der Waals surface area contributed by atoms with Gasteiger partial charge in [0.05, 0.1) is 12.1 Å². The Kier molecular flexibility index (Phi) is 6.06. The zero-order chi connectivity index (χ0) is 22.9. The van der Waals surface area contributed by atoms with Gasteiger partial charge in [0, 0.05) is 24.2 Å². The van der Waals surface area contributed by atoms with Gasteiger partial charge in [0.2, 0.25) is 0 Å². The number of carbonyl (C=O) groups excluding carboxylic acids is 1. The lowest BCUT2D eigenvalue weighted by Gasteiger charge is -2.20. The van der Waals surface area contributed by atoms with E-state index >= 15 is 0 Å². The number of fused-ring (bicyclic) bond motifs is 1. The minimum atomic E-state index is 0.0641. The molecule has 1 saturated heterocycles. The van der Waals surface area contributed by atoms with Crippen LogP contribution in [0.3, 0.4) is 0 Å². The van der Waals surface area contributed by atoms with Crippen molar-refractivity contribution in [3.05, 3.63) is 53.1 Å². The average molecular weight is 463 g/mol. The maximum atomic E-state index is 12.6. The first-order valence-electron chi connectivity index (χ1n) is 11.8. The Balaban J connectivity index is 1.37. The van der Waals surface area contributed by atoms with Crippen LogP contribution in [0.25, 0.3) is 21.1 Å². The monoisotopic (exact) mass is 462 g/mol. The van der Waals surface area contributed by atoms with Crippen molar-refractivity contribution in [1.82, 2.24) is 20.4 Å². The fourth-order valence-corrected chi connectivity index (χ4v) is 5.67. The number of amides is 2. The van der Waals surface area contributed by atoms with E-state index in [1.807, 2.05) is 30.9 Å². The number of rotatable bonds is 5. The Hall–Kier alpha value is -2.93. The Labute approximate surface area is 199 Å². The van der Waals surface area contributed by atoms with Crippen molar-refractivity contribution in [2.24, 2.45) is 0 Å². The third-order valence-corrected chi connectivity index (χ3v) is 7.41. The number of urea groups is 1. The molecule has 1 aliphatic carbocycles. The number of aromatic nitrogens is 2. The summed E-state index contributed by atoms with van der Waals surface area (Å²) >= 11 is 1.61. The second-order valence-corrected chi connectivity index (χ2v) is 10.1. The van der Waals surface area contributed by atoms with Crippen molar-refractivity contribution in [2.45, 2.75) is 58.6 Å². The van der Waals surface area contributed by atoms with Crippen molar-refractivity contribution in [2.75, 3.05) is 13.1 Å². The van der Waals surface area contributed by atoms with Crippen molar-refractivity contribution in [3.63, 3.8) is 0 Å². The van der Waals surface area contributed by atoms with Crippen molar-refractivity contribution in [1.29, 1.82) is 0 Å². The molecular formula is C26H30N4O2S. The number of hydrogen-bond acceptors (Lipinski definition) is 5. The van der Waals surface area contributed by atoms with Gasteiger partial charge in [-0.1, -0.05) is 29.5 Å². The second kappa shape index (κ2) is 9.14. The van der Waals surface area contributed by atoms with Gasteiger partial charge in [-0.25, -0.2) is 4.79 Å². The van der Waals surface area contributed by atoms with Gasteiger partial charge in [-0.05, 0) is 81.3 Å². The molecule has 0 radical (unpaired) electrons. The first-order valence-corrected chi connectivity index (χ1v) is 12.6. The summed E-state index contributed by atoms with van der Waals surface area (Å²) in [5, 5.41) is 14.1. The molecule has 33 heavy (non-hydrogen) atoms. The molecule has 1 fully saturated rings. The fraction of sp³-hybridized carbons (Fsp3) is 0.423. The molecule has 3 aromatic rings. The Bertz CT molecular complexity index is 1170. The number of ether oxygens (including phenoxy) is 1. The predicted octanol–water partition coefficient (Wildman–Crippen LogP) is 5.76. The Morgan fingerprint density at radius 1 is 1.15 bits per heavy atom. The van der Waals surface area contributed by atoms with Crippen LogP contribution in [0.4, 0.5) is 4.79 Å². The molecule has 1 aliphatic heterocycles. The van der Waals surface area contributed by atoms with Crippen molar-refractivity contribution >= 4 is 17.4 Å². The van der Waals surface area contributed by atoms with Crippen LogP contribution in [0.15, 0.2) is 36.4 Å². The van der Waals surface area contributed by atoms with Crippen LogP contribution < -0.4 is 10.1 Å². The summed E-state index contributed by atoms with van der Waals surface area (Å²) in [6.45, 7) is 7.85. The highest BCUT2D eigenvalue weighted by atomic mass is 32.1. The number of likely N-dealkylation sites (tertiary alicyclic amines) is 1. The molecule has 0 unspecified atom stereocenters. The minimum Gasteiger partial charge on any atom is -0.491 e. The minimum absolute atomic E-state index is 0.0641. The maximum Gasteiger partial charge on any atom is 0.317 e. The molecular weight excluding hydrogens is 432 g/mol. The molecule has 2 heterocycles. The number of nitrogens with zero attached hydrogens (tertiary/aromatic N) is 3. The SMILES string of the molecule is Cc1cc(-c2nnc(-c3cccc4c3CC[C@@H]4NC(=O)N3CCCC3)s2)ccc1OC(C)C. The lowest BCUT2D eigenvalue weighted by atomic mass is 10.0. The van der Waals surface area contributed by atoms with Gasteiger partial charge in [0.25, 0.3) is 0 Å². The highest BCUT2D eigenvalue weighted by molar-refractivity contribution is 7.17. The quantitative estimate of drug-likeness (QED) is 0.523. The lowest BCUT2D eigenvalue weighted by molar-refractivity contribution is 0.204. The van der Waals surface area contributed by atoms with Crippen LogP contribution in [-0.4, -0.2) is 40.3 Å². The highest BCUT2D eigenvalue weighted by Crippen LogP contribution is 2.40. The largest absolute Gasteiger partial charge is 0.491 e. The molecule has 172 valence electrons. The van der Waals surface area contributed by atoms with E-state index in [0.717, 1.165) is 71.2 Å². The first kappa shape index (κ1) is 21.9. The molecule has 1 aromatic heterocycles. The lowest BCUT2D eigenvalue weighted by Crippen LogP contribution is -2.39. The number of hydrogen-bond donors (Lipinski definition) is 1. The Morgan fingerprint density at radius 2 is 1.94 bits per heavy atom. The van der Waals surface area contributed by atoms with Gasteiger partial charge in [0.1, 0.15) is 15.8 Å². The van der Waals surface area contributed by atoms with Crippen LogP contribution in [0.1, 0.15) is 55.8 Å². The standard InChI is InChI=1S/C26H30N4O2S/c1-16(2)32-23-12-9-18(15-17(23)3)24-28-29-25(33-24)21-8-6-7-20-19(21)10-11-22(20)27-26(31)30-13-4-5-14-30/h6-9,12,15-16,22H,4-5,10-11,13-14H2,1-3H3,(H,27,31)/t22-/m0/s1. The fourth-order valence-electron chi connectivity index (χ4n) is 4.78. The van der Waals surface area contributed by atoms with Crippen LogP contribution in [0.5, 0.6) is 5.75 Å². The summed E-state index contributed by atoms with van der Waals surface area (Å²) in [6.07, 6.45) is 4.21. The molecule has 7 heteroatoms. The van der Waals surface area contributed by atoms with Gasteiger partial charge in [0.15, 0.2) is 0 Å². The van der Waals surface area contributed by atoms with Crippen LogP contribution in [0.2, 0.25) is 0 Å². The summed E-state index contributed by atoms with van der Waals surface area (Å²) in [5.74, 6) is 0.904. The molecule has 0 bridgehead atoms. The van der Waals surface area contributed by atoms with E-state index in [2.05, 4.69) is 46.7 Å². The van der Waals surface area contributed by atoms with Crippen LogP contribution >= 0.6 is 11.3 Å². The summed E-state index contributed by atoms with van der Waals surface area (Å²) in [4.78, 5) is 14.6. The van der Waals surface area contributed by atoms with E-state index in [1.165, 1.54) is 11.1 Å². The molecule has 6 nitrogen and oxygen atoms in total. The van der Waals surface area contributed by atoms with Gasteiger partial charge < -0.3 is 15.0 Å². The molecule has 0 spiro atoms. The number of aryl methyl sites for hydroxylation is 1.